The molecule has 348 valence electrons. The van der Waals surface area contributed by atoms with Gasteiger partial charge in [0, 0.05) is 40.7 Å². The number of aliphatic hydroxyl groups excluding tert-OH is 1. The maximum atomic E-state index is 12.3. The molecule has 0 aliphatic rings. The van der Waals surface area contributed by atoms with Crippen LogP contribution in [0.4, 0.5) is 0 Å². The summed E-state index contributed by atoms with van der Waals surface area (Å²) >= 11 is 0. The molecule has 4 aromatic carbocycles. The molecule has 1 heterocycles. The third-order valence-electron chi connectivity index (χ3n) is 9.41. The number of aliphatic hydroxyl groups is 1. The molecule has 0 unspecified atom stereocenters. The molecule has 0 radical (unpaired) electrons. The Balaban J connectivity index is 0.000000297. The molecule has 0 bridgehead atoms. The maximum Gasteiger partial charge on any atom is 0.338 e. The molecule has 66 heavy (non-hydrogen) atoms. The van der Waals surface area contributed by atoms with Crippen molar-refractivity contribution in [2.45, 2.75) is 64.2 Å². The highest BCUT2D eigenvalue weighted by atomic mass is 16.6. The molecule has 0 aliphatic heterocycles. The number of hydrogen-bond acceptors (Lipinski definition) is 15. The lowest BCUT2D eigenvalue weighted by Gasteiger charge is -2.11. The monoisotopic (exact) mass is 903 g/mol. The molecule has 15 nitrogen and oxygen atoms in total. The predicted octanol–water partition coefficient (Wildman–Crippen LogP) is 9.33. The average Bonchev–Trinajstić information content (AvgIpc) is 3.33. The Labute approximate surface area is 384 Å². The van der Waals surface area contributed by atoms with Gasteiger partial charge in [-0.3, -0.25) is 0 Å². The van der Waals surface area contributed by atoms with Gasteiger partial charge in [-0.2, -0.15) is 0 Å². The van der Waals surface area contributed by atoms with E-state index in [2.05, 4.69) is 41.3 Å². The van der Waals surface area contributed by atoms with Crippen LogP contribution in [0.5, 0.6) is 29.5 Å². The number of rotatable bonds is 28. The van der Waals surface area contributed by atoms with Crippen LogP contribution in [0.15, 0.2) is 135 Å². The Morgan fingerprint density at radius 1 is 0.500 bits per heavy atom. The molecule has 5 aromatic rings. The molecular formula is C51H57N3O12. The zero-order chi connectivity index (χ0) is 47.4. The minimum absolute atomic E-state index is 0.0242. The van der Waals surface area contributed by atoms with Gasteiger partial charge < -0.3 is 38.3 Å². The Hall–Kier alpha value is -7.39. The van der Waals surface area contributed by atoms with E-state index in [-0.39, 0.29) is 57.7 Å². The third-order valence-corrected chi connectivity index (χ3v) is 9.41. The highest BCUT2D eigenvalue weighted by Crippen LogP contribution is 2.30. The second-order valence-corrected chi connectivity index (χ2v) is 14.5. The fraction of sp³-hybridized carbons (Fsp3) is 0.314. The van der Waals surface area contributed by atoms with E-state index in [9.17, 15) is 19.2 Å². The SMILES string of the molecule is C=C(CCCCO)C(=O)OCCCCC(=C)C(=O)Oc1cccc2ccccc12.C=CC(=O)OCCCCOc1nc(OCCCCOC(=O)C=C)nc(Oc2cccc3ccccc23)n1. The summed E-state index contributed by atoms with van der Waals surface area (Å²) in [6, 6.07) is 26.9. The summed E-state index contributed by atoms with van der Waals surface area (Å²) in [5.74, 6) is -0.687. The van der Waals surface area contributed by atoms with Crippen LogP contribution in [0, 0.1) is 0 Å². The summed E-state index contributed by atoms with van der Waals surface area (Å²) in [4.78, 5) is 59.1. The number of carbonyl (C=O) groups excluding carboxylic acids is 4. The molecule has 1 N–H and O–H groups in total. The molecule has 0 saturated heterocycles. The third kappa shape index (κ3) is 18.4. The van der Waals surface area contributed by atoms with Gasteiger partial charge in [0.25, 0.3) is 0 Å². The lowest BCUT2D eigenvalue weighted by Crippen LogP contribution is -2.11. The van der Waals surface area contributed by atoms with Crippen molar-refractivity contribution in [3.63, 3.8) is 0 Å². The molecule has 0 atom stereocenters. The molecule has 1 aromatic heterocycles. The number of unbranched alkanes of at least 4 members (excludes halogenated alkanes) is 4. The Morgan fingerprint density at radius 3 is 1.50 bits per heavy atom. The zero-order valence-corrected chi connectivity index (χ0v) is 37.2. The van der Waals surface area contributed by atoms with E-state index in [1.165, 1.54) is 0 Å². The van der Waals surface area contributed by atoms with Crippen LogP contribution >= 0.6 is 0 Å². The molecule has 0 saturated carbocycles. The van der Waals surface area contributed by atoms with Crippen LogP contribution in [-0.4, -0.2) is 83.6 Å². The summed E-state index contributed by atoms with van der Waals surface area (Å²) < 4.78 is 37.9. The first-order chi connectivity index (χ1) is 32.1. The zero-order valence-electron chi connectivity index (χ0n) is 37.2. The summed E-state index contributed by atoms with van der Waals surface area (Å²) in [5.41, 5.74) is 0.805. The van der Waals surface area contributed by atoms with E-state index >= 15 is 0 Å². The molecule has 15 heteroatoms. The van der Waals surface area contributed by atoms with Gasteiger partial charge in [-0.05, 0) is 87.1 Å². The van der Waals surface area contributed by atoms with Crippen LogP contribution in [0.25, 0.3) is 21.5 Å². The highest BCUT2D eigenvalue weighted by Gasteiger charge is 2.15. The Morgan fingerprint density at radius 2 is 0.939 bits per heavy atom. The van der Waals surface area contributed by atoms with Crippen molar-refractivity contribution in [3.8, 4) is 29.5 Å². The fourth-order valence-corrected chi connectivity index (χ4v) is 5.90. The highest BCUT2D eigenvalue weighted by molar-refractivity contribution is 5.94. The smallest absolute Gasteiger partial charge is 0.338 e. The van der Waals surface area contributed by atoms with Crippen molar-refractivity contribution in [1.82, 2.24) is 15.0 Å². The van der Waals surface area contributed by atoms with Crippen LogP contribution in [0.1, 0.15) is 64.2 Å². The summed E-state index contributed by atoms with van der Waals surface area (Å²) in [7, 11) is 0. The van der Waals surface area contributed by atoms with Crippen molar-refractivity contribution in [3.05, 3.63) is 135 Å². The lowest BCUT2D eigenvalue weighted by molar-refractivity contribution is -0.139. The van der Waals surface area contributed by atoms with Crippen molar-refractivity contribution in [1.29, 1.82) is 0 Å². The lowest BCUT2D eigenvalue weighted by atomic mass is 10.1. The van der Waals surface area contributed by atoms with Gasteiger partial charge in [-0.1, -0.05) is 99.1 Å². The van der Waals surface area contributed by atoms with Crippen LogP contribution in [0.2, 0.25) is 0 Å². The van der Waals surface area contributed by atoms with Gasteiger partial charge in [0.15, 0.2) is 0 Å². The normalized spacial score (nSPS) is 10.4. The first-order valence-electron chi connectivity index (χ1n) is 21.7. The van der Waals surface area contributed by atoms with Gasteiger partial charge in [-0.15, -0.1) is 15.0 Å². The molecular weight excluding hydrogens is 847 g/mol. The van der Waals surface area contributed by atoms with E-state index in [1.54, 1.807) is 6.07 Å². The van der Waals surface area contributed by atoms with Gasteiger partial charge in [-0.25, -0.2) is 19.2 Å². The second kappa shape index (κ2) is 29.1. The molecule has 0 amide bonds. The largest absolute Gasteiger partial charge is 0.463 e. The van der Waals surface area contributed by atoms with Crippen LogP contribution in [-0.2, 0) is 33.4 Å². The number of carbonyl (C=O) groups is 4. The van der Waals surface area contributed by atoms with Gasteiger partial charge >= 0.3 is 41.9 Å². The first-order valence-corrected chi connectivity index (χ1v) is 21.7. The fourth-order valence-electron chi connectivity index (χ4n) is 5.90. The topological polar surface area (TPSA) is 192 Å². The van der Waals surface area contributed by atoms with E-state index in [4.69, 9.17) is 38.3 Å². The molecule has 5 rings (SSSR count). The Bertz CT molecular complexity index is 2360. The van der Waals surface area contributed by atoms with Gasteiger partial charge in [0.2, 0.25) is 0 Å². The maximum absolute atomic E-state index is 12.3. The number of fused-ring (bicyclic) bond motifs is 2. The van der Waals surface area contributed by atoms with Crippen molar-refractivity contribution in [2.75, 3.05) is 39.6 Å². The number of nitrogens with zero attached hydrogens (tertiary/aromatic N) is 3. The minimum atomic E-state index is -0.464. The predicted molar refractivity (Wildman–Crippen MR) is 249 cm³/mol. The van der Waals surface area contributed by atoms with Gasteiger partial charge in [0.05, 0.1) is 33.0 Å². The minimum Gasteiger partial charge on any atom is -0.463 e. The van der Waals surface area contributed by atoms with E-state index in [1.807, 2.05) is 78.9 Å². The summed E-state index contributed by atoms with van der Waals surface area (Å²) in [6.45, 7) is 15.7. The number of benzene rings is 4. The quantitative estimate of drug-likeness (QED) is 0.0164. The van der Waals surface area contributed by atoms with E-state index in [0.717, 1.165) is 33.7 Å². The van der Waals surface area contributed by atoms with Crippen molar-refractivity contribution in [2.24, 2.45) is 0 Å². The number of hydrogen-bond donors (Lipinski definition) is 1. The standard InChI is InChI=1S/C27H29N3O7.C24H28O5/c1-3-23(31)33-16-7-9-18-35-25-28-26(36-19-10-8-17-34-24(32)4-2)30-27(29-25)37-22-15-11-13-20-12-5-6-14-21(20)22;1-18(10-5-7-16-25)23(26)28-17-8-6-11-19(2)24(27)29-22-15-9-13-20-12-3-4-14-21(20)22/h3-6,11-15H,1-2,7-10,16-19H2;3-4,9,12-15,25H,1-2,5-8,10-11,16-17H2. The van der Waals surface area contributed by atoms with Crippen molar-refractivity contribution < 1.29 is 57.4 Å². The molecule has 0 spiro atoms. The summed E-state index contributed by atoms with van der Waals surface area (Å²) in [5, 5.41) is 12.5. The first kappa shape index (κ1) is 51.2. The van der Waals surface area contributed by atoms with Gasteiger partial charge in [0.1, 0.15) is 11.5 Å². The second-order valence-electron chi connectivity index (χ2n) is 14.5. The molecule has 0 aliphatic carbocycles. The van der Waals surface area contributed by atoms with Crippen molar-refractivity contribution >= 4 is 45.4 Å². The number of ether oxygens (including phenoxy) is 7. The van der Waals surface area contributed by atoms with E-state index in [0.29, 0.717) is 86.9 Å². The van der Waals surface area contributed by atoms with Crippen LogP contribution < -0.4 is 18.9 Å². The average molecular weight is 904 g/mol. The Kier molecular flexibility index (Phi) is 22.6. The molecule has 0 fully saturated rings. The summed E-state index contributed by atoms with van der Waals surface area (Å²) in [6.07, 6.45) is 8.28. The van der Waals surface area contributed by atoms with E-state index < -0.39 is 23.9 Å². The number of esters is 4. The van der Waals surface area contributed by atoms with Crippen LogP contribution in [0.3, 0.4) is 0 Å². The number of aromatic nitrogens is 3.